The number of aromatic nitrogens is 3. The second-order valence-electron chi connectivity index (χ2n) is 9.68. The maximum atomic E-state index is 13.4. The van der Waals surface area contributed by atoms with Crippen molar-refractivity contribution in [2.75, 3.05) is 7.05 Å². The topological polar surface area (TPSA) is 89.2 Å². The van der Waals surface area contributed by atoms with E-state index in [1.54, 1.807) is 30.3 Å². The highest BCUT2D eigenvalue weighted by atomic mass is 16.2. The Morgan fingerprint density at radius 1 is 1.03 bits per heavy atom. The first-order chi connectivity index (χ1) is 17.0. The molecule has 0 unspecified atom stereocenters. The van der Waals surface area contributed by atoms with Gasteiger partial charge in [-0.1, -0.05) is 31.4 Å². The minimum atomic E-state index is -0.499. The van der Waals surface area contributed by atoms with Crippen LogP contribution in [0.2, 0.25) is 0 Å². The molecule has 3 aromatic rings. The first-order valence-electron chi connectivity index (χ1n) is 12.4. The van der Waals surface area contributed by atoms with Gasteiger partial charge in [0.2, 0.25) is 5.43 Å². The zero-order valence-electron chi connectivity index (χ0n) is 20.0. The lowest BCUT2D eigenvalue weighted by Gasteiger charge is -2.23. The molecule has 0 spiro atoms. The van der Waals surface area contributed by atoms with Gasteiger partial charge in [-0.25, -0.2) is 4.68 Å². The van der Waals surface area contributed by atoms with Crippen molar-refractivity contribution < 1.29 is 9.59 Å². The van der Waals surface area contributed by atoms with Gasteiger partial charge in [0, 0.05) is 50.5 Å². The molecule has 35 heavy (non-hydrogen) atoms. The fraction of sp³-hybridized carbons (Fsp3) is 0.407. The van der Waals surface area contributed by atoms with Crippen LogP contribution in [-0.2, 0) is 6.54 Å². The Morgan fingerprint density at radius 3 is 2.40 bits per heavy atom. The molecule has 0 atom stereocenters. The van der Waals surface area contributed by atoms with E-state index in [0.717, 1.165) is 49.8 Å². The summed E-state index contributed by atoms with van der Waals surface area (Å²) in [6.07, 6.45) is 14.0. The van der Waals surface area contributed by atoms with Crippen LogP contribution < -0.4 is 10.7 Å². The van der Waals surface area contributed by atoms with E-state index in [1.807, 2.05) is 41.1 Å². The van der Waals surface area contributed by atoms with E-state index < -0.39 is 5.43 Å². The second-order valence-corrected chi connectivity index (χ2v) is 9.68. The summed E-state index contributed by atoms with van der Waals surface area (Å²) < 4.78 is 3.64. The minimum absolute atomic E-state index is 0.0452. The van der Waals surface area contributed by atoms with Crippen LogP contribution in [0.25, 0.3) is 5.69 Å². The Morgan fingerprint density at radius 2 is 1.74 bits per heavy atom. The van der Waals surface area contributed by atoms with Crippen LogP contribution in [0.5, 0.6) is 0 Å². The van der Waals surface area contributed by atoms with Gasteiger partial charge in [-0.15, -0.1) is 0 Å². The van der Waals surface area contributed by atoms with E-state index in [-0.39, 0.29) is 35.0 Å². The Hall–Kier alpha value is -3.68. The summed E-state index contributed by atoms with van der Waals surface area (Å²) in [5, 5.41) is 7.25. The number of benzene rings is 1. The maximum absolute atomic E-state index is 13.4. The van der Waals surface area contributed by atoms with Crippen molar-refractivity contribution in [3.05, 3.63) is 82.0 Å². The number of nitrogens with one attached hydrogen (secondary N) is 1. The minimum Gasteiger partial charge on any atom is -0.349 e. The lowest BCUT2D eigenvalue weighted by atomic mass is 9.95. The molecule has 8 heteroatoms. The van der Waals surface area contributed by atoms with Crippen LogP contribution in [0.3, 0.4) is 0 Å². The Bertz CT molecular complexity index is 1250. The van der Waals surface area contributed by atoms with Crippen molar-refractivity contribution in [2.45, 2.75) is 63.6 Å². The molecule has 0 bridgehead atoms. The Kier molecular flexibility index (Phi) is 6.53. The monoisotopic (exact) mass is 473 g/mol. The molecule has 1 N–H and O–H groups in total. The third kappa shape index (κ3) is 5.21. The van der Waals surface area contributed by atoms with Gasteiger partial charge in [0.15, 0.2) is 0 Å². The Balaban J connectivity index is 1.35. The third-order valence-corrected chi connectivity index (χ3v) is 6.90. The lowest BCUT2D eigenvalue weighted by Crippen LogP contribution is -2.40. The summed E-state index contributed by atoms with van der Waals surface area (Å²) >= 11 is 0. The summed E-state index contributed by atoms with van der Waals surface area (Å²) in [6, 6.07) is 9.96. The van der Waals surface area contributed by atoms with E-state index in [4.69, 9.17) is 0 Å². The van der Waals surface area contributed by atoms with E-state index in [0.29, 0.717) is 6.54 Å². The predicted octanol–water partition coefficient (Wildman–Crippen LogP) is 3.70. The van der Waals surface area contributed by atoms with Gasteiger partial charge < -0.3 is 14.8 Å². The van der Waals surface area contributed by atoms with Gasteiger partial charge >= 0.3 is 0 Å². The van der Waals surface area contributed by atoms with Gasteiger partial charge in [0.05, 0.1) is 5.69 Å². The highest BCUT2D eigenvalue weighted by Gasteiger charge is 2.28. The van der Waals surface area contributed by atoms with E-state index in [2.05, 4.69) is 10.4 Å². The molecule has 2 aliphatic carbocycles. The number of nitrogens with zero attached hydrogens (tertiary/aromatic N) is 4. The number of hydrogen-bond donors (Lipinski definition) is 1. The van der Waals surface area contributed by atoms with Gasteiger partial charge in [-0.05, 0) is 49.4 Å². The molecule has 8 nitrogen and oxygen atoms in total. The van der Waals surface area contributed by atoms with Crippen LogP contribution in [0.4, 0.5) is 0 Å². The van der Waals surface area contributed by atoms with Crippen LogP contribution in [0.15, 0.2) is 59.9 Å². The van der Waals surface area contributed by atoms with E-state index in [1.165, 1.54) is 11.3 Å². The summed E-state index contributed by atoms with van der Waals surface area (Å²) in [7, 11) is 1.68. The van der Waals surface area contributed by atoms with Gasteiger partial charge in [-0.3, -0.25) is 14.4 Å². The normalized spacial score (nSPS) is 16.1. The van der Waals surface area contributed by atoms with E-state index >= 15 is 0 Å². The molecule has 1 aromatic carbocycles. The quantitative estimate of drug-likeness (QED) is 0.567. The fourth-order valence-corrected chi connectivity index (χ4v) is 4.73. The van der Waals surface area contributed by atoms with Crippen molar-refractivity contribution >= 4 is 11.8 Å². The second kappa shape index (κ2) is 9.90. The zero-order chi connectivity index (χ0) is 24.4. The average molecular weight is 474 g/mol. The molecule has 2 aromatic heterocycles. The molecule has 0 saturated heterocycles. The molecular weight excluding hydrogens is 442 g/mol. The molecule has 0 radical (unpaired) electrons. The number of rotatable bonds is 7. The molecule has 2 amide bonds. The highest BCUT2D eigenvalue weighted by Crippen LogP contribution is 2.34. The molecule has 182 valence electrons. The standard InChI is InChI=1S/C27H31N5O3/c1-30(16-19-8-10-22(11-9-19)32-15-5-14-28-32)27(35)24-18-31(21-12-13-21)17-23(25(24)33)26(34)29-20-6-3-2-4-7-20/h5,8-11,14-15,17-18,20-21H,2-4,6-7,12-13,16H2,1H3,(H,29,34). The van der Waals surface area contributed by atoms with Crippen LogP contribution in [0.1, 0.15) is 77.3 Å². The first kappa shape index (κ1) is 23.1. The molecular formula is C27H31N5O3. The van der Waals surface area contributed by atoms with Crippen LogP contribution in [0, 0.1) is 0 Å². The number of hydrogen-bond acceptors (Lipinski definition) is 4. The smallest absolute Gasteiger partial charge is 0.259 e. The summed E-state index contributed by atoms with van der Waals surface area (Å²) in [4.78, 5) is 41.2. The highest BCUT2D eigenvalue weighted by molar-refractivity contribution is 5.99. The maximum Gasteiger partial charge on any atom is 0.259 e. The molecule has 2 aliphatic rings. The van der Waals surface area contributed by atoms with Crippen molar-refractivity contribution in [1.29, 1.82) is 0 Å². The van der Waals surface area contributed by atoms with Crippen molar-refractivity contribution in [2.24, 2.45) is 0 Å². The SMILES string of the molecule is CN(Cc1ccc(-n2cccn2)cc1)C(=O)c1cn(C2CC2)cc(C(=O)NC2CCCCC2)c1=O. The Labute approximate surface area is 204 Å². The number of pyridine rings is 1. The third-order valence-electron chi connectivity index (χ3n) is 6.90. The van der Waals surface area contributed by atoms with Crippen molar-refractivity contribution in [3.63, 3.8) is 0 Å². The summed E-state index contributed by atoms with van der Waals surface area (Å²) in [5.41, 5.74) is 1.47. The van der Waals surface area contributed by atoms with Crippen LogP contribution >= 0.6 is 0 Å². The molecule has 5 rings (SSSR count). The number of amides is 2. The number of carbonyl (C=O) groups is 2. The summed E-state index contributed by atoms with van der Waals surface area (Å²) in [6.45, 7) is 0.347. The zero-order valence-corrected chi connectivity index (χ0v) is 20.0. The largest absolute Gasteiger partial charge is 0.349 e. The first-order valence-corrected chi connectivity index (χ1v) is 12.4. The van der Waals surface area contributed by atoms with Crippen LogP contribution in [-0.4, -0.2) is 44.2 Å². The predicted molar refractivity (Wildman–Crippen MR) is 133 cm³/mol. The molecule has 2 saturated carbocycles. The van der Waals surface area contributed by atoms with Gasteiger partial charge in [-0.2, -0.15) is 5.10 Å². The average Bonchev–Trinajstić information content (AvgIpc) is 3.58. The number of carbonyl (C=O) groups excluding carboxylic acids is 2. The van der Waals surface area contributed by atoms with Gasteiger partial charge in [0.25, 0.3) is 11.8 Å². The summed E-state index contributed by atoms with van der Waals surface area (Å²) in [5.74, 6) is -0.754. The van der Waals surface area contributed by atoms with E-state index in [9.17, 15) is 14.4 Å². The fourth-order valence-electron chi connectivity index (χ4n) is 4.73. The molecule has 2 heterocycles. The van der Waals surface area contributed by atoms with Crippen molar-refractivity contribution in [1.82, 2.24) is 24.6 Å². The molecule has 0 aliphatic heterocycles. The molecule has 2 fully saturated rings. The van der Waals surface area contributed by atoms with Gasteiger partial charge in [0.1, 0.15) is 11.1 Å². The van der Waals surface area contributed by atoms with Crippen molar-refractivity contribution in [3.8, 4) is 5.69 Å². The lowest BCUT2D eigenvalue weighted by molar-refractivity contribution is 0.0783.